The highest BCUT2D eigenvalue weighted by Gasteiger charge is 2.19. The summed E-state index contributed by atoms with van der Waals surface area (Å²) in [5.41, 5.74) is -0.606. The van der Waals surface area contributed by atoms with Gasteiger partial charge in [-0.3, -0.25) is 0 Å². The Bertz CT molecular complexity index is 381. The van der Waals surface area contributed by atoms with Crippen molar-refractivity contribution in [2.45, 2.75) is 0 Å². The quantitative estimate of drug-likeness (QED) is 0.811. The summed E-state index contributed by atoms with van der Waals surface area (Å²) >= 11 is 5.52. The monoisotopic (exact) mass is 234 g/mol. The first-order valence-corrected chi connectivity index (χ1v) is 4.28. The topological polar surface area (TPSA) is 55.8 Å². The summed E-state index contributed by atoms with van der Waals surface area (Å²) in [6.45, 7) is -0.169. The van der Waals surface area contributed by atoms with E-state index in [1.165, 1.54) is 19.2 Å². The number of carbonyl (C=O) groups is 1. The number of rotatable bonds is 4. The van der Waals surface area contributed by atoms with Crippen LogP contribution in [-0.2, 0) is 4.74 Å². The van der Waals surface area contributed by atoms with Crippen molar-refractivity contribution in [3.63, 3.8) is 0 Å². The Morgan fingerprint density at radius 1 is 1.60 bits per heavy atom. The summed E-state index contributed by atoms with van der Waals surface area (Å²) in [7, 11) is 1.37. The van der Waals surface area contributed by atoms with Gasteiger partial charge in [0.1, 0.15) is 5.56 Å². The van der Waals surface area contributed by atoms with Gasteiger partial charge in [0.15, 0.2) is 18.4 Å². The van der Waals surface area contributed by atoms with Crippen LogP contribution in [0, 0.1) is 5.82 Å². The first kappa shape index (κ1) is 11.7. The maximum atomic E-state index is 13.5. The lowest BCUT2D eigenvalue weighted by Gasteiger charge is -2.08. The van der Waals surface area contributed by atoms with E-state index >= 15 is 0 Å². The van der Waals surface area contributed by atoms with E-state index in [0.29, 0.717) is 0 Å². The van der Waals surface area contributed by atoms with Crippen molar-refractivity contribution in [1.29, 1.82) is 0 Å². The minimum absolute atomic E-state index is 0.169. The van der Waals surface area contributed by atoms with Crippen LogP contribution in [0.3, 0.4) is 0 Å². The molecule has 0 atom stereocenters. The molecule has 0 amide bonds. The summed E-state index contributed by atoms with van der Waals surface area (Å²) < 4.78 is 22.8. The van der Waals surface area contributed by atoms with Crippen LogP contribution in [0.2, 0.25) is 5.02 Å². The number of benzene rings is 1. The van der Waals surface area contributed by atoms with Crippen molar-refractivity contribution in [2.24, 2.45) is 0 Å². The fourth-order valence-corrected chi connectivity index (χ4v) is 1.19. The summed E-state index contributed by atoms with van der Waals surface area (Å²) in [4.78, 5) is 10.7. The van der Waals surface area contributed by atoms with E-state index in [4.69, 9.17) is 21.4 Å². The summed E-state index contributed by atoms with van der Waals surface area (Å²) in [6.07, 6.45) is 0. The molecule has 15 heavy (non-hydrogen) atoms. The molecule has 0 fully saturated rings. The minimum atomic E-state index is -1.44. The van der Waals surface area contributed by atoms with Crippen LogP contribution >= 0.6 is 11.6 Å². The lowest BCUT2D eigenvalue weighted by molar-refractivity contribution is 0.0476. The highest BCUT2D eigenvalue weighted by atomic mass is 35.5. The van der Waals surface area contributed by atoms with E-state index in [1.54, 1.807) is 0 Å². The molecule has 0 radical (unpaired) electrons. The van der Waals surface area contributed by atoms with Gasteiger partial charge in [0.2, 0.25) is 0 Å². The van der Waals surface area contributed by atoms with Crippen molar-refractivity contribution in [3.05, 3.63) is 28.5 Å². The van der Waals surface area contributed by atoms with Crippen LogP contribution in [-0.4, -0.2) is 25.0 Å². The van der Waals surface area contributed by atoms with Crippen molar-refractivity contribution >= 4 is 17.6 Å². The molecular weight excluding hydrogens is 227 g/mol. The summed E-state index contributed by atoms with van der Waals surface area (Å²) in [5, 5.41) is 8.51. The standard InChI is InChI=1S/C9H8ClFO4/c1-14-4-15-6-3-2-5(10)7(8(6)11)9(12)13/h2-3H,4H2,1H3,(H,12,13). The molecule has 0 aliphatic heterocycles. The van der Waals surface area contributed by atoms with Crippen molar-refractivity contribution in [1.82, 2.24) is 0 Å². The maximum Gasteiger partial charge on any atom is 0.340 e. The number of carboxylic acids is 1. The highest BCUT2D eigenvalue weighted by Crippen LogP contribution is 2.27. The third-order valence-electron chi connectivity index (χ3n) is 1.60. The fourth-order valence-electron chi connectivity index (χ4n) is 0.963. The van der Waals surface area contributed by atoms with Crippen LogP contribution in [0.4, 0.5) is 4.39 Å². The molecular formula is C9H8ClFO4. The Labute approximate surface area is 90.2 Å². The molecule has 1 aromatic rings. The fraction of sp³-hybridized carbons (Fsp3) is 0.222. The van der Waals surface area contributed by atoms with E-state index in [9.17, 15) is 9.18 Å². The molecule has 6 heteroatoms. The number of halogens is 2. The third kappa shape index (κ3) is 2.57. The maximum absolute atomic E-state index is 13.5. The lowest BCUT2D eigenvalue weighted by atomic mass is 10.2. The smallest absolute Gasteiger partial charge is 0.340 e. The van der Waals surface area contributed by atoms with Crippen LogP contribution in [0.5, 0.6) is 5.75 Å². The van der Waals surface area contributed by atoms with E-state index in [1.807, 2.05) is 0 Å². The lowest BCUT2D eigenvalue weighted by Crippen LogP contribution is -2.06. The van der Waals surface area contributed by atoms with Gasteiger partial charge >= 0.3 is 5.97 Å². The Morgan fingerprint density at radius 2 is 2.27 bits per heavy atom. The first-order chi connectivity index (χ1) is 7.07. The average molecular weight is 235 g/mol. The van der Waals surface area contributed by atoms with Crippen molar-refractivity contribution in [2.75, 3.05) is 13.9 Å². The molecule has 4 nitrogen and oxygen atoms in total. The number of hydrogen-bond donors (Lipinski definition) is 1. The largest absolute Gasteiger partial charge is 0.478 e. The van der Waals surface area contributed by atoms with Gasteiger partial charge in [-0.1, -0.05) is 11.6 Å². The number of carboxylic acid groups (broad SMARTS) is 1. The van der Waals surface area contributed by atoms with E-state index in [0.717, 1.165) is 0 Å². The summed E-state index contributed by atoms with van der Waals surface area (Å²) in [5.74, 6) is -2.66. The first-order valence-electron chi connectivity index (χ1n) is 3.91. The molecule has 82 valence electrons. The Kier molecular flexibility index (Phi) is 3.88. The second-order valence-electron chi connectivity index (χ2n) is 2.59. The third-order valence-corrected chi connectivity index (χ3v) is 1.92. The summed E-state index contributed by atoms with van der Waals surface area (Å²) in [6, 6.07) is 2.49. The molecule has 0 saturated carbocycles. The number of hydrogen-bond acceptors (Lipinski definition) is 3. The SMILES string of the molecule is COCOc1ccc(Cl)c(C(=O)O)c1F. The minimum Gasteiger partial charge on any atom is -0.478 e. The van der Waals surface area contributed by atoms with Gasteiger partial charge in [-0.25, -0.2) is 9.18 Å². The van der Waals surface area contributed by atoms with Crippen molar-refractivity contribution < 1.29 is 23.8 Å². The van der Waals surface area contributed by atoms with Gasteiger partial charge in [0.25, 0.3) is 0 Å². The van der Waals surface area contributed by atoms with Gasteiger partial charge in [0.05, 0.1) is 5.02 Å². The van der Waals surface area contributed by atoms with E-state index < -0.39 is 17.3 Å². The zero-order valence-corrected chi connectivity index (χ0v) is 8.55. The Morgan fingerprint density at radius 3 is 2.80 bits per heavy atom. The molecule has 0 heterocycles. The number of methoxy groups -OCH3 is 1. The molecule has 1 N–H and O–H groups in total. The van der Waals surface area contributed by atoms with Crippen LogP contribution < -0.4 is 4.74 Å². The predicted molar refractivity (Wildman–Crippen MR) is 50.9 cm³/mol. The molecule has 0 unspecified atom stereocenters. The van der Waals surface area contributed by atoms with Gasteiger partial charge in [-0.15, -0.1) is 0 Å². The Hall–Kier alpha value is -1.33. The van der Waals surface area contributed by atoms with Gasteiger partial charge < -0.3 is 14.6 Å². The van der Waals surface area contributed by atoms with Gasteiger partial charge in [0, 0.05) is 7.11 Å². The average Bonchev–Trinajstić information content (AvgIpc) is 2.16. The zero-order chi connectivity index (χ0) is 11.4. The molecule has 0 bridgehead atoms. The molecule has 0 aliphatic carbocycles. The van der Waals surface area contributed by atoms with Gasteiger partial charge in [-0.2, -0.15) is 0 Å². The highest BCUT2D eigenvalue weighted by molar-refractivity contribution is 6.33. The molecule has 0 aromatic heterocycles. The normalized spacial score (nSPS) is 10.1. The number of aromatic carboxylic acids is 1. The molecule has 0 spiro atoms. The van der Waals surface area contributed by atoms with E-state index in [2.05, 4.69) is 4.74 Å². The van der Waals surface area contributed by atoms with Crippen LogP contribution in [0.25, 0.3) is 0 Å². The van der Waals surface area contributed by atoms with Gasteiger partial charge in [-0.05, 0) is 12.1 Å². The number of ether oxygens (including phenoxy) is 2. The zero-order valence-electron chi connectivity index (χ0n) is 7.79. The predicted octanol–water partition coefficient (Wildman–Crippen LogP) is 2.16. The molecule has 0 aliphatic rings. The van der Waals surface area contributed by atoms with E-state index in [-0.39, 0.29) is 17.6 Å². The van der Waals surface area contributed by atoms with Crippen LogP contribution in [0.1, 0.15) is 10.4 Å². The Balaban J connectivity index is 3.11. The van der Waals surface area contributed by atoms with Crippen LogP contribution in [0.15, 0.2) is 12.1 Å². The molecule has 1 aromatic carbocycles. The van der Waals surface area contributed by atoms with Crippen molar-refractivity contribution in [3.8, 4) is 5.75 Å². The molecule has 0 saturated heterocycles. The second-order valence-corrected chi connectivity index (χ2v) is 3.00. The molecule has 1 rings (SSSR count). The second kappa shape index (κ2) is 4.95.